The maximum absolute atomic E-state index is 5.79. The van der Waals surface area contributed by atoms with Gasteiger partial charge in [0.2, 0.25) is 5.28 Å². The van der Waals surface area contributed by atoms with E-state index in [1.807, 2.05) is 0 Å². The molecule has 0 saturated heterocycles. The lowest BCUT2D eigenvalue weighted by molar-refractivity contribution is 0.488. The Morgan fingerprint density at radius 1 is 1.56 bits per heavy atom. The molecule has 1 saturated carbocycles. The predicted octanol–water partition coefficient (Wildman–Crippen LogP) is 3.88. The maximum atomic E-state index is 5.79. The van der Waals surface area contributed by atoms with Gasteiger partial charge in [-0.05, 0) is 46.3 Å². The zero-order valence-corrected chi connectivity index (χ0v) is 11.6. The molecule has 0 aromatic carbocycles. The maximum Gasteiger partial charge on any atom is 0.224 e. The fourth-order valence-corrected chi connectivity index (χ4v) is 2.78. The average molecular weight is 305 g/mol. The molecule has 0 bridgehead atoms. The molecular weight excluding hydrogens is 289 g/mol. The third-order valence-electron chi connectivity index (χ3n) is 3.22. The van der Waals surface area contributed by atoms with Gasteiger partial charge < -0.3 is 5.32 Å². The molecule has 2 atom stereocenters. The molecule has 1 N–H and O–H groups in total. The SMILES string of the molecule is CC[C@H]1CCC[C@H]1Nc1nc(Cl)ncc1Br. The van der Waals surface area contributed by atoms with E-state index in [1.54, 1.807) is 6.20 Å². The lowest BCUT2D eigenvalue weighted by Crippen LogP contribution is -2.24. The van der Waals surface area contributed by atoms with E-state index in [4.69, 9.17) is 11.6 Å². The molecule has 0 spiro atoms. The first kappa shape index (κ1) is 12.1. The van der Waals surface area contributed by atoms with Gasteiger partial charge in [-0.1, -0.05) is 19.8 Å². The first-order valence-electron chi connectivity index (χ1n) is 5.65. The molecule has 1 aromatic rings. The van der Waals surface area contributed by atoms with Gasteiger partial charge in [0.15, 0.2) is 0 Å². The topological polar surface area (TPSA) is 37.8 Å². The van der Waals surface area contributed by atoms with Crippen molar-refractivity contribution >= 4 is 33.3 Å². The third kappa shape index (κ3) is 2.66. The summed E-state index contributed by atoms with van der Waals surface area (Å²) in [4.78, 5) is 8.12. The fraction of sp³-hybridized carbons (Fsp3) is 0.636. The van der Waals surface area contributed by atoms with Crippen molar-refractivity contribution in [3.05, 3.63) is 16.0 Å². The third-order valence-corrected chi connectivity index (χ3v) is 3.98. The molecule has 88 valence electrons. The Morgan fingerprint density at radius 3 is 3.12 bits per heavy atom. The quantitative estimate of drug-likeness (QED) is 0.861. The van der Waals surface area contributed by atoms with Crippen LogP contribution >= 0.6 is 27.5 Å². The molecule has 1 aliphatic rings. The second kappa shape index (κ2) is 5.32. The molecule has 2 rings (SSSR count). The summed E-state index contributed by atoms with van der Waals surface area (Å²) >= 11 is 9.22. The zero-order chi connectivity index (χ0) is 11.5. The van der Waals surface area contributed by atoms with E-state index in [-0.39, 0.29) is 5.28 Å². The van der Waals surface area contributed by atoms with Crippen molar-refractivity contribution in [2.45, 2.75) is 38.6 Å². The van der Waals surface area contributed by atoms with E-state index in [9.17, 15) is 0 Å². The van der Waals surface area contributed by atoms with E-state index in [1.165, 1.54) is 25.7 Å². The van der Waals surface area contributed by atoms with Crippen LogP contribution in [-0.2, 0) is 0 Å². The van der Waals surface area contributed by atoms with Gasteiger partial charge in [-0.3, -0.25) is 0 Å². The highest BCUT2D eigenvalue weighted by Gasteiger charge is 2.26. The van der Waals surface area contributed by atoms with Gasteiger partial charge in [-0.25, -0.2) is 4.98 Å². The van der Waals surface area contributed by atoms with Crippen molar-refractivity contribution in [3.63, 3.8) is 0 Å². The van der Waals surface area contributed by atoms with E-state index >= 15 is 0 Å². The number of rotatable bonds is 3. The summed E-state index contributed by atoms with van der Waals surface area (Å²) in [6.45, 7) is 2.24. The number of aromatic nitrogens is 2. The highest BCUT2D eigenvalue weighted by atomic mass is 79.9. The molecule has 0 radical (unpaired) electrons. The Kier molecular flexibility index (Phi) is 4.03. The summed E-state index contributed by atoms with van der Waals surface area (Å²) in [6.07, 6.45) is 6.73. The molecule has 3 nitrogen and oxygen atoms in total. The lowest BCUT2D eigenvalue weighted by atomic mass is 10.0. The van der Waals surface area contributed by atoms with Crippen molar-refractivity contribution in [2.75, 3.05) is 5.32 Å². The Labute approximate surface area is 109 Å². The molecule has 5 heteroatoms. The van der Waals surface area contributed by atoms with Crippen LogP contribution in [0.2, 0.25) is 5.28 Å². The van der Waals surface area contributed by atoms with Gasteiger partial charge >= 0.3 is 0 Å². The zero-order valence-electron chi connectivity index (χ0n) is 9.21. The second-order valence-corrected chi connectivity index (χ2v) is 5.38. The summed E-state index contributed by atoms with van der Waals surface area (Å²) in [5.74, 6) is 1.56. The van der Waals surface area contributed by atoms with E-state index < -0.39 is 0 Å². The van der Waals surface area contributed by atoms with Crippen molar-refractivity contribution in [2.24, 2.45) is 5.92 Å². The van der Waals surface area contributed by atoms with Crippen LogP contribution in [0.3, 0.4) is 0 Å². The normalized spacial score (nSPS) is 24.7. The number of halogens is 2. The number of hydrogen-bond acceptors (Lipinski definition) is 3. The molecule has 1 aromatic heterocycles. The van der Waals surface area contributed by atoms with Gasteiger partial charge in [0.1, 0.15) is 5.82 Å². The van der Waals surface area contributed by atoms with Crippen LogP contribution in [0.25, 0.3) is 0 Å². The first-order valence-corrected chi connectivity index (χ1v) is 6.82. The largest absolute Gasteiger partial charge is 0.366 e. The molecule has 1 heterocycles. The van der Waals surface area contributed by atoms with Crippen LogP contribution in [0.4, 0.5) is 5.82 Å². The molecule has 0 unspecified atom stereocenters. The smallest absolute Gasteiger partial charge is 0.224 e. The summed E-state index contributed by atoms with van der Waals surface area (Å²) in [7, 11) is 0. The summed E-state index contributed by atoms with van der Waals surface area (Å²) in [5.41, 5.74) is 0. The number of nitrogens with zero attached hydrogens (tertiary/aromatic N) is 2. The number of nitrogens with one attached hydrogen (secondary N) is 1. The van der Waals surface area contributed by atoms with Crippen LogP contribution in [0, 0.1) is 5.92 Å². The van der Waals surface area contributed by atoms with Gasteiger partial charge in [0, 0.05) is 12.2 Å². The van der Waals surface area contributed by atoms with E-state index in [0.717, 1.165) is 16.2 Å². The molecule has 1 fully saturated rings. The first-order chi connectivity index (χ1) is 7.70. The summed E-state index contributed by atoms with van der Waals surface area (Å²) in [5, 5.41) is 3.76. The summed E-state index contributed by atoms with van der Waals surface area (Å²) in [6, 6.07) is 0.521. The molecule has 16 heavy (non-hydrogen) atoms. The molecular formula is C11H15BrClN3. The minimum absolute atomic E-state index is 0.289. The van der Waals surface area contributed by atoms with E-state index in [2.05, 4.69) is 38.1 Å². The van der Waals surface area contributed by atoms with Crippen LogP contribution < -0.4 is 5.32 Å². The lowest BCUT2D eigenvalue weighted by Gasteiger charge is -2.20. The minimum atomic E-state index is 0.289. The highest BCUT2D eigenvalue weighted by Crippen LogP contribution is 2.32. The van der Waals surface area contributed by atoms with Gasteiger partial charge in [-0.2, -0.15) is 4.98 Å². The van der Waals surface area contributed by atoms with Gasteiger partial charge in [-0.15, -0.1) is 0 Å². The Bertz CT molecular complexity index is 372. The Hall–Kier alpha value is -0.350. The van der Waals surface area contributed by atoms with Crippen LogP contribution in [0.5, 0.6) is 0 Å². The number of anilines is 1. The summed E-state index contributed by atoms with van der Waals surface area (Å²) < 4.78 is 0.874. The second-order valence-electron chi connectivity index (χ2n) is 4.19. The highest BCUT2D eigenvalue weighted by molar-refractivity contribution is 9.10. The standard InChI is InChI=1S/C11H15BrClN3/c1-2-7-4-3-5-9(7)15-10-8(12)6-14-11(13)16-10/h6-7,9H,2-5H2,1H3,(H,14,15,16)/t7-,9+/m0/s1. The van der Waals surface area contributed by atoms with Crippen LogP contribution in [-0.4, -0.2) is 16.0 Å². The average Bonchev–Trinajstić information content (AvgIpc) is 2.71. The molecule has 0 amide bonds. The van der Waals surface area contributed by atoms with Crippen molar-refractivity contribution < 1.29 is 0 Å². The van der Waals surface area contributed by atoms with Crippen LogP contribution in [0.15, 0.2) is 10.7 Å². The van der Waals surface area contributed by atoms with Crippen molar-refractivity contribution in [3.8, 4) is 0 Å². The molecule has 1 aliphatic carbocycles. The van der Waals surface area contributed by atoms with Gasteiger partial charge in [0.05, 0.1) is 4.47 Å². The Balaban J connectivity index is 2.11. The van der Waals surface area contributed by atoms with Crippen molar-refractivity contribution in [1.29, 1.82) is 0 Å². The number of hydrogen-bond donors (Lipinski definition) is 1. The predicted molar refractivity (Wildman–Crippen MR) is 69.8 cm³/mol. The van der Waals surface area contributed by atoms with E-state index in [0.29, 0.717) is 6.04 Å². The Morgan fingerprint density at radius 2 is 2.38 bits per heavy atom. The van der Waals surface area contributed by atoms with Crippen molar-refractivity contribution in [1.82, 2.24) is 9.97 Å². The fourth-order valence-electron chi connectivity index (χ4n) is 2.34. The molecule has 0 aliphatic heterocycles. The van der Waals surface area contributed by atoms with Gasteiger partial charge in [0.25, 0.3) is 0 Å². The monoisotopic (exact) mass is 303 g/mol. The van der Waals surface area contributed by atoms with Crippen LogP contribution in [0.1, 0.15) is 32.6 Å². The minimum Gasteiger partial charge on any atom is -0.366 e.